The Morgan fingerprint density at radius 3 is 2.41 bits per heavy atom. The van der Waals surface area contributed by atoms with Gasteiger partial charge in [-0.25, -0.2) is 13.6 Å². The molecule has 0 unspecified atom stereocenters. The summed E-state index contributed by atoms with van der Waals surface area (Å²) in [6, 6.07) is 18.1. The summed E-state index contributed by atoms with van der Waals surface area (Å²) in [5, 5.41) is 0.476. The van der Waals surface area contributed by atoms with Crippen LogP contribution >= 0.6 is 11.6 Å². The van der Waals surface area contributed by atoms with Gasteiger partial charge in [0.1, 0.15) is 24.0 Å². The number of hydrogen-bond acceptors (Lipinski definition) is 3. The highest BCUT2D eigenvalue weighted by Gasteiger charge is 2.18. The molecule has 4 aromatic rings. The zero-order valence-electron chi connectivity index (χ0n) is 18.9. The van der Waals surface area contributed by atoms with E-state index in [4.69, 9.17) is 21.1 Å². The van der Waals surface area contributed by atoms with Crippen LogP contribution in [0.1, 0.15) is 27.2 Å². The van der Waals surface area contributed by atoms with Crippen LogP contribution in [0, 0.1) is 25.5 Å². The number of benzene rings is 3. The molecule has 7 heteroatoms. The lowest BCUT2D eigenvalue weighted by molar-refractivity contribution is 0.0600. The Balaban J connectivity index is 1.79. The van der Waals surface area contributed by atoms with Gasteiger partial charge in [0.25, 0.3) is 0 Å². The molecule has 34 heavy (non-hydrogen) atoms. The minimum absolute atomic E-state index is 0.156. The molecule has 0 spiro atoms. The minimum atomic E-state index is -0.676. The van der Waals surface area contributed by atoms with Crippen molar-refractivity contribution >= 4 is 17.6 Å². The van der Waals surface area contributed by atoms with Crippen molar-refractivity contribution in [3.63, 3.8) is 0 Å². The lowest BCUT2D eigenvalue weighted by atomic mass is 10.1. The quantitative estimate of drug-likeness (QED) is 0.277. The Morgan fingerprint density at radius 1 is 0.971 bits per heavy atom. The highest BCUT2D eigenvalue weighted by molar-refractivity contribution is 6.31. The summed E-state index contributed by atoms with van der Waals surface area (Å²) < 4.78 is 41.0. The monoisotopic (exact) mass is 481 g/mol. The van der Waals surface area contributed by atoms with Gasteiger partial charge in [-0.15, -0.1) is 0 Å². The molecule has 3 aromatic carbocycles. The summed E-state index contributed by atoms with van der Waals surface area (Å²) in [6.45, 7) is 3.48. The second-order valence-electron chi connectivity index (χ2n) is 7.82. The molecule has 0 aliphatic rings. The summed E-state index contributed by atoms with van der Waals surface area (Å²) in [6.07, 6.45) is 0. The molecule has 1 heterocycles. The van der Waals surface area contributed by atoms with E-state index in [1.807, 2.05) is 42.7 Å². The number of rotatable bonds is 6. The van der Waals surface area contributed by atoms with Crippen molar-refractivity contribution in [2.45, 2.75) is 20.5 Å². The highest BCUT2D eigenvalue weighted by Crippen LogP contribution is 2.36. The number of aryl methyl sites for hydroxylation is 2. The van der Waals surface area contributed by atoms with Gasteiger partial charge in [0, 0.05) is 22.0 Å². The van der Waals surface area contributed by atoms with Crippen molar-refractivity contribution < 1.29 is 23.0 Å². The highest BCUT2D eigenvalue weighted by atomic mass is 35.5. The largest absolute Gasteiger partial charge is 0.488 e. The topological polar surface area (TPSA) is 40.5 Å². The minimum Gasteiger partial charge on any atom is -0.488 e. The van der Waals surface area contributed by atoms with Crippen LogP contribution in [-0.2, 0) is 11.3 Å². The van der Waals surface area contributed by atoms with E-state index in [-0.39, 0.29) is 12.2 Å². The van der Waals surface area contributed by atoms with Crippen molar-refractivity contribution in [1.82, 2.24) is 4.57 Å². The number of carbonyl (C=O) groups excluding carboxylic acids is 1. The summed E-state index contributed by atoms with van der Waals surface area (Å²) in [5.41, 5.74) is 4.12. The third-order valence-electron chi connectivity index (χ3n) is 5.61. The van der Waals surface area contributed by atoms with Gasteiger partial charge in [-0.2, -0.15) is 0 Å². The molecule has 0 saturated carbocycles. The number of halogens is 3. The van der Waals surface area contributed by atoms with Gasteiger partial charge in [0.05, 0.1) is 23.9 Å². The smallest absolute Gasteiger partial charge is 0.338 e. The molecule has 0 aliphatic heterocycles. The van der Waals surface area contributed by atoms with E-state index in [9.17, 15) is 13.6 Å². The average Bonchev–Trinajstić information content (AvgIpc) is 3.20. The predicted molar refractivity (Wildman–Crippen MR) is 128 cm³/mol. The van der Waals surface area contributed by atoms with Crippen LogP contribution in [-0.4, -0.2) is 17.6 Å². The van der Waals surface area contributed by atoms with Crippen molar-refractivity contribution in [2.24, 2.45) is 0 Å². The standard InChI is InChI=1S/C27H22ClF2NO3/c1-16-7-10-19(14-20(16)27(32)33-3)31-17(2)8-11-25(31)21-13-18(28)9-12-26(21)34-15-22-23(29)5-4-6-24(22)30/h4-14H,15H2,1-3H3. The number of hydrogen-bond donors (Lipinski definition) is 0. The first kappa shape index (κ1) is 23.5. The van der Waals surface area contributed by atoms with Crippen molar-refractivity contribution in [3.05, 3.63) is 106 Å². The van der Waals surface area contributed by atoms with E-state index in [0.29, 0.717) is 21.9 Å². The third kappa shape index (κ3) is 4.54. The lowest BCUT2D eigenvalue weighted by Gasteiger charge is -2.17. The van der Waals surface area contributed by atoms with Crippen LogP contribution in [0.5, 0.6) is 5.75 Å². The van der Waals surface area contributed by atoms with E-state index in [0.717, 1.165) is 22.6 Å². The fourth-order valence-electron chi connectivity index (χ4n) is 3.82. The van der Waals surface area contributed by atoms with E-state index in [2.05, 4.69) is 0 Å². The Morgan fingerprint density at radius 2 is 1.71 bits per heavy atom. The Labute approximate surface area is 201 Å². The van der Waals surface area contributed by atoms with Crippen LogP contribution in [0.25, 0.3) is 16.9 Å². The van der Waals surface area contributed by atoms with Crippen molar-refractivity contribution in [3.8, 4) is 22.7 Å². The number of ether oxygens (including phenoxy) is 2. The van der Waals surface area contributed by atoms with Gasteiger partial charge >= 0.3 is 5.97 Å². The van der Waals surface area contributed by atoms with Crippen LogP contribution < -0.4 is 4.74 Å². The second kappa shape index (κ2) is 9.69. The summed E-state index contributed by atoms with van der Waals surface area (Å²) in [5.74, 6) is -1.37. The molecule has 0 atom stereocenters. The van der Waals surface area contributed by atoms with Gasteiger partial charge in [0.2, 0.25) is 0 Å². The molecule has 0 fully saturated rings. The summed E-state index contributed by atoms with van der Waals surface area (Å²) >= 11 is 6.30. The number of nitrogens with zero attached hydrogens (tertiary/aromatic N) is 1. The second-order valence-corrected chi connectivity index (χ2v) is 8.25. The first-order chi connectivity index (χ1) is 16.3. The van der Waals surface area contributed by atoms with Crippen LogP contribution in [0.4, 0.5) is 8.78 Å². The Bertz CT molecular complexity index is 1360. The first-order valence-corrected chi connectivity index (χ1v) is 10.9. The molecule has 0 bridgehead atoms. The predicted octanol–water partition coefficient (Wildman–Crippen LogP) is 7.06. The Kier molecular flexibility index (Phi) is 6.70. The van der Waals surface area contributed by atoms with Gasteiger partial charge in [0.15, 0.2) is 0 Å². The van der Waals surface area contributed by atoms with Crippen LogP contribution in [0.15, 0.2) is 66.7 Å². The maximum absolute atomic E-state index is 14.1. The maximum Gasteiger partial charge on any atom is 0.338 e. The van der Waals surface area contributed by atoms with Gasteiger partial charge in [-0.3, -0.25) is 0 Å². The molecule has 0 N–H and O–H groups in total. The van der Waals surface area contributed by atoms with Crippen molar-refractivity contribution in [1.29, 1.82) is 0 Å². The third-order valence-corrected chi connectivity index (χ3v) is 5.85. The normalized spacial score (nSPS) is 10.9. The lowest BCUT2D eigenvalue weighted by Crippen LogP contribution is -2.07. The molecular weight excluding hydrogens is 460 g/mol. The summed E-state index contributed by atoms with van der Waals surface area (Å²) in [7, 11) is 1.34. The van der Waals surface area contributed by atoms with Crippen molar-refractivity contribution in [2.75, 3.05) is 7.11 Å². The van der Waals surface area contributed by atoms with Gasteiger partial charge in [-0.1, -0.05) is 23.7 Å². The van der Waals surface area contributed by atoms with Gasteiger partial charge in [-0.05, 0) is 74.0 Å². The fourth-order valence-corrected chi connectivity index (χ4v) is 3.99. The molecule has 1 aromatic heterocycles. The number of esters is 1. The van der Waals surface area contributed by atoms with E-state index < -0.39 is 17.6 Å². The number of methoxy groups -OCH3 is 1. The molecular formula is C27H22ClF2NO3. The zero-order valence-corrected chi connectivity index (χ0v) is 19.6. The van der Waals surface area contributed by atoms with E-state index in [1.54, 1.807) is 24.3 Å². The molecule has 174 valence electrons. The molecule has 0 radical (unpaired) electrons. The van der Waals surface area contributed by atoms with Gasteiger partial charge < -0.3 is 14.0 Å². The first-order valence-electron chi connectivity index (χ1n) is 10.5. The Hall–Kier alpha value is -3.64. The van der Waals surface area contributed by atoms with E-state index >= 15 is 0 Å². The SMILES string of the molecule is COC(=O)c1cc(-n2c(C)ccc2-c2cc(Cl)ccc2OCc2c(F)cccc2F)ccc1C. The molecule has 0 amide bonds. The average molecular weight is 482 g/mol. The van der Waals surface area contributed by atoms with Crippen LogP contribution in [0.2, 0.25) is 5.02 Å². The summed E-state index contributed by atoms with van der Waals surface area (Å²) in [4.78, 5) is 12.2. The molecule has 0 saturated heterocycles. The molecule has 0 aliphatic carbocycles. The molecule has 4 nitrogen and oxygen atoms in total. The molecule has 4 rings (SSSR count). The number of carbonyl (C=O) groups is 1. The zero-order chi connectivity index (χ0) is 24.4. The van der Waals surface area contributed by atoms with E-state index in [1.165, 1.54) is 25.3 Å². The fraction of sp³-hybridized carbons (Fsp3) is 0.148. The maximum atomic E-state index is 14.1. The van der Waals surface area contributed by atoms with Crippen LogP contribution in [0.3, 0.4) is 0 Å². The number of aromatic nitrogens is 1.